The van der Waals surface area contributed by atoms with Crippen LogP contribution in [0.1, 0.15) is 11.0 Å². The van der Waals surface area contributed by atoms with Gasteiger partial charge in [0.1, 0.15) is 0 Å². The molecular weight excluding hydrogens is 701 g/mol. The van der Waals surface area contributed by atoms with Crippen molar-refractivity contribution in [1.29, 1.82) is 0 Å². The summed E-state index contributed by atoms with van der Waals surface area (Å²) in [4.78, 5) is 1.39. The normalized spacial score (nSPS) is 13.4. The van der Waals surface area contributed by atoms with E-state index in [-0.39, 0.29) is 46.7 Å². The molecule has 0 aliphatic rings. The first kappa shape index (κ1) is 26.2. The summed E-state index contributed by atoms with van der Waals surface area (Å²) in [5.74, 6) is 0. The first-order chi connectivity index (χ1) is 32.1. The van der Waals surface area contributed by atoms with Crippen LogP contribution in [0.5, 0.6) is 0 Å². The second-order valence-corrected chi connectivity index (χ2v) is 14.3. The van der Waals surface area contributed by atoms with Gasteiger partial charge in [-0.2, -0.15) is 0 Å². The second kappa shape index (κ2) is 14.1. The van der Waals surface area contributed by atoms with Gasteiger partial charge in [-0.1, -0.05) is 170 Å². The molecule has 0 aliphatic heterocycles. The number of hydrogen-bond acceptors (Lipinski definition) is 1. The molecule has 0 unspecified atom stereocenters. The van der Waals surface area contributed by atoms with Gasteiger partial charge >= 0.3 is 0 Å². The Morgan fingerprint density at radius 1 is 0.345 bits per heavy atom. The zero-order valence-electron chi connectivity index (χ0n) is 39.2. The molecule has 2 nitrogen and oxygen atoms in total. The molecule has 0 radical (unpaired) electrons. The van der Waals surface area contributed by atoms with Crippen LogP contribution in [0.2, 0.25) is 0 Å². The Bertz CT molecular complexity index is 3550. The molecule has 1 aromatic heterocycles. The predicted molar refractivity (Wildman–Crippen MR) is 247 cm³/mol. The standard InChI is InChI=1S/C56H38N2/c1-2-19-44(20-3-1)58-54-28-9-8-24-53(54)56-52(27-13-29-55(56)58)43-18-10-21-47(38-43)57(45-34-30-41(31-35-45)50-25-11-16-39-14-4-6-22-48(39)50)46-36-32-42(33-37-46)51-26-12-17-40-15-5-7-23-49(40)51/h1-38H/i30D,31D,32D,33D,34D,35D,36D,37D. The van der Waals surface area contributed by atoms with E-state index in [1.54, 1.807) is 18.2 Å². The molecule has 272 valence electrons. The topological polar surface area (TPSA) is 8.17 Å². The monoisotopic (exact) mass is 746 g/mol. The molecule has 2 heteroatoms. The fraction of sp³-hybridized carbons (Fsp3) is 0. The van der Waals surface area contributed by atoms with E-state index >= 15 is 0 Å². The maximum Gasteiger partial charge on any atom is 0.0645 e. The summed E-state index contributed by atoms with van der Waals surface area (Å²) >= 11 is 0. The predicted octanol–water partition coefficient (Wildman–Crippen LogP) is 15.6. The number of nitrogens with zero attached hydrogens (tertiary/aromatic N) is 2. The number of anilines is 3. The Labute approximate surface area is 349 Å². The minimum absolute atomic E-state index is 0.117. The van der Waals surface area contributed by atoms with Gasteiger partial charge in [0.05, 0.1) is 22.0 Å². The highest BCUT2D eigenvalue weighted by Gasteiger charge is 2.19. The third-order valence-corrected chi connectivity index (χ3v) is 10.9. The molecule has 0 N–H and O–H groups in total. The van der Waals surface area contributed by atoms with Crippen LogP contribution in [-0.4, -0.2) is 4.57 Å². The fourth-order valence-electron chi connectivity index (χ4n) is 8.29. The average Bonchev–Trinajstić information content (AvgIpc) is 3.70. The first-order valence-electron chi connectivity index (χ1n) is 23.3. The van der Waals surface area contributed by atoms with Crippen LogP contribution in [0.4, 0.5) is 17.1 Å². The Morgan fingerprint density at radius 2 is 0.828 bits per heavy atom. The smallest absolute Gasteiger partial charge is 0.0645 e. The van der Waals surface area contributed by atoms with E-state index in [1.165, 1.54) is 4.90 Å². The third kappa shape index (κ3) is 5.74. The molecule has 0 bridgehead atoms. The quantitative estimate of drug-likeness (QED) is 0.158. The van der Waals surface area contributed by atoms with Crippen LogP contribution in [0.15, 0.2) is 230 Å². The SMILES string of the molecule is [2H]c1c([2H])c(N(c2cccc(-c3cccc4c3c3ccccc3n4-c3ccccc3)c2)c2c([2H])c([2H])c(-c3cccc4ccccc34)c([2H])c2[2H])c([2H])c([2H])c1-c1cccc2ccccc12. The van der Waals surface area contributed by atoms with Gasteiger partial charge in [0, 0.05) is 33.5 Å². The number of rotatable bonds is 7. The average molecular weight is 747 g/mol. The summed E-state index contributed by atoms with van der Waals surface area (Å²) in [7, 11) is 0. The van der Waals surface area contributed by atoms with Crippen molar-refractivity contribution in [3.05, 3.63) is 230 Å². The minimum atomic E-state index is -0.396. The third-order valence-electron chi connectivity index (χ3n) is 10.9. The number of aromatic nitrogens is 1. The maximum absolute atomic E-state index is 9.72. The van der Waals surface area contributed by atoms with Crippen molar-refractivity contribution in [3.8, 4) is 39.1 Å². The van der Waals surface area contributed by atoms with Gasteiger partial charge in [-0.3, -0.25) is 0 Å². The van der Waals surface area contributed by atoms with Crippen molar-refractivity contribution in [2.75, 3.05) is 4.90 Å². The molecule has 11 rings (SSSR count). The number of hydrogen-bond donors (Lipinski definition) is 0. The Balaban J connectivity index is 1.19. The first-order valence-corrected chi connectivity index (χ1v) is 19.3. The highest BCUT2D eigenvalue weighted by atomic mass is 15.1. The molecule has 58 heavy (non-hydrogen) atoms. The minimum Gasteiger partial charge on any atom is -0.310 e. The van der Waals surface area contributed by atoms with Crippen molar-refractivity contribution in [2.45, 2.75) is 0 Å². The Morgan fingerprint density at radius 3 is 1.47 bits per heavy atom. The van der Waals surface area contributed by atoms with E-state index in [0.29, 0.717) is 16.8 Å². The molecule has 0 saturated carbocycles. The molecule has 0 atom stereocenters. The van der Waals surface area contributed by atoms with Gasteiger partial charge in [0.25, 0.3) is 0 Å². The van der Waals surface area contributed by atoms with Crippen LogP contribution >= 0.6 is 0 Å². The molecule has 0 spiro atoms. The van der Waals surface area contributed by atoms with E-state index in [1.807, 2.05) is 133 Å². The van der Waals surface area contributed by atoms with Gasteiger partial charge < -0.3 is 9.47 Å². The van der Waals surface area contributed by atoms with E-state index < -0.39 is 24.2 Å². The number of fused-ring (bicyclic) bond motifs is 5. The summed E-state index contributed by atoms with van der Waals surface area (Å²) < 4.78 is 79.3. The van der Waals surface area contributed by atoms with Gasteiger partial charge in [0.2, 0.25) is 0 Å². The lowest BCUT2D eigenvalue weighted by Crippen LogP contribution is -2.10. The van der Waals surface area contributed by atoms with Crippen LogP contribution in [0.25, 0.3) is 82.4 Å². The van der Waals surface area contributed by atoms with Crippen molar-refractivity contribution in [3.63, 3.8) is 0 Å². The summed E-state index contributed by atoms with van der Waals surface area (Å²) in [6.45, 7) is 0. The van der Waals surface area contributed by atoms with Crippen molar-refractivity contribution < 1.29 is 11.0 Å². The number of benzene rings is 10. The molecule has 0 fully saturated rings. The summed E-state index contributed by atoms with van der Waals surface area (Å²) in [5.41, 5.74) is 5.88. The van der Waals surface area contributed by atoms with Crippen LogP contribution in [-0.2, 0) is 0 Å². The van der Waals surface area contributed by atoms with E-state index in [2.05, 4.69) is 34.9 Å². The molecular formula is C56H38N2. The molecule has 0 aliphatic carbocycles. The van der Waals surface area contributed by atoms with Crippen LogP contribution in [0, 0.1) is 0 Å². The Kier molecular flexibility index (Phi) is 6.38. The largest absolute Gasteiger partial charge is 0.310 e. The second-order valence-electron chi connectivity index (χ2n) is 14.3. The van der Waals surface area contributed by atoms with Crippen LogP contribution in [0.3, 0.4) is 0 Å². The van der Waals surface area contributed by atoms with E-state index in [0.717, 1.165) is 60.2 Å². The fourth-order valence-corrected chi connectivity index (χ4v) is 8.29. The molecule has 0 saturated heterocycles. The van der Waals surface area contributed by atoms with Gasteiger partial charge in [0.15, 0.2) is 0 Å². The molecule has 0 amide bonds. The Hall–Kier alpha value is -7.68. The zero-order chi connectivity index (χ0) is 45.4. The highest BCUT2D eigenvalue weighted by molar-refractivity contribution is 6.16. The maximum atomic E-state index is 9.72. The lowest BCUT2D eigenvalue weighted by atomic mass is 9.97. The van der Waals surface area contributed by atoms with E-state index in [4.69, 9.17) is 0 Å². The lowest BCUT2D eigenvalue weighted by Gasteiger charge is -2.26. The van der Waals surface area contributed by atoms with Gasteiger partial charge in [-0.25, -0.2) is 0 Å². The van der Waals surface area contributed by atoms with Crippen molar-refractivity contribution in [2.24, 2.45) is 0 Å². The summed E-state index contributed by atoms with van der Waals surface area (Å²) in [6, 6.07) is 55.4. The lowest BCUT2D eigenvalue weighted by molar-refractivity contribution is 1.18. The highest BCUT2D eigenvalue weighted by Crippen LogP contribution is 2.43. The van der Waals surface area contributed by atoms with Crippen LogP contribution < -0.4 is 4.90 Å². The van der Waals surface area contributed by atoms with Crippen molar-refractivity contribution >= 4 is 60.4 Å². The van der Waals surface area contributed by atoms with Gasteiger partial charge in [-0.05, 0) is 115 Å². The molecule has 1 heterocycles. The summed E-state index contributed by atoms with van der Waals surface area (Å²) in [6.07, 6.45) is 0. The number of para-hydroxylation sites is 2. The molecule has 10 aromatic carbocycles. The van der Waals surface area contributed by atoms with Gasteiger partial charge in [-0.15, -0.1) is 0 Å². The summed E-state index contributed by atoms with van der Waals surface area (Å²) in [5, 5.41) is 5.32. The molecule has 11 aromatic rings. The van der Waals surface area contributed by atoms with Crippen molar-refractivity contribution in [1.82, 2.24) is 4.57 Å². The van der Waals surface area contributed by atoms with E-state index in [9.17, 15) is 11.0 Å². The zero-order valence-corrected chi connectivity index (χ0v) is 31.2.